The van der Waals surface area contributed by atoms with E-state index in [0.717, 1.165) is 6.54 Å². The lowest BCUT2D eigenvalue weighted by Crippen LogP contribution is -2.08. The molecule has 1 atom stereocenters. The number of aliphatic hydroxyl groups is 1. The minimum absolute atomic E-state index is 0.0634. The summed E-state index contributed by atoms with van der Waals surface area (Å²) in [6.07, 6.45) is 6.95. The lowest BCUT2D eigenvalue weighted by molar-refractivity contribution is -0.133. The highest BCUT2D eigenvalue weighted by Crippen LogP contribution is 2.30. The number of nitrogens with zero attached hydrogens (tertiary/aromatic N) is 1. The first-order chi connectivity index (χ1) is 12.4. The van der Waals surface area contributed by atoms with E-state index in [4.69, 9.17) is 22.4 Å². The van der Waals surface area contributed by atoms with E-state index in [2.05, 4.69) is 11.6 Å². The number of nitrogens with two attached hydrogens (primary N) is 1. The minimum Gasteiger partial charge on any atom is -0.478 e. The number of halogens is 1. The van der Waals surface area contributed by atoms with Crippen LogP contribution in [0.1, 0.15) is 49.3 Å². The Kier molecular flexibility index (Phi) is 7.42. The van der Waals surface area contributed by atoms with Gasteiger partial charge in [0.15, 0.2) is 0 Å². The molecule has 0 spiro atoms. The van der Waals surface area contributed by atoms with Gasteiger partial charge in [0.2, 0.25) is 0 Å². The number of aliphatic imine (C=N–C) groups is 1. The Morgan fingerprint density at radius 1 is 1.42 bits per heavy atom. The van der Waals surface area contributed by atoms with E-state index in [0.29, 0.717) is 27.6 Å². The van der Waals surface area contributed by atoms with E-state index >= 15 is 0 Å². The fourth-order valence-corrected chi connectivity index (χ4v) is 3.37. The summed E-state index contributed by atoms with van der Waals surface area (Å²) in [5.41, 5.74) is 7.54. The maximum Gasteiger partial charge on any atom is 0.331 e. The van der Waals surface area contributed by atoms with Gasteiger partial charge in [0, 0.05) is 41.5 Å². The molecular formula is C20H25ClN2O3. The molecule has 6 heteroatoms. The fraction of sp³-hybridized carbons (Fsp3) is 0.400. The van der Waals surface area contributed by atoms with Crippen LogP contribution in [-0.2, 0) is 4.79 Å². The van der Waals surface area contributed by atoms with Crippen molar-refractivity contribution >= 4 is 29.4 Å². The molecule has 1 unspecified atom stereocenters. The third kappa shape index (κ3) is 5.44. The molecule has 1 aromatic rings. The van der Waals surface area contributed by atoms with Gasteiger partial charge in [-0.1, -0.05) is 37.1 Å². The number of carboxylic acids is 1. The van der Waals surface area contributed by atoms with E-state index in [-0.39, 0.29) is 12.0 Å². The molecule has 1 aromatic carbocycles. The summed E-state index contributed by atoms with van der Waals surface area (Å²) < 4.78 is 0. The van der Waals surface area contributed by atoms with Crippen LogP contribution in [-0.4, -0.2) is 28.9 Å². The maximum atomic E-state index is 11.0. The number of aliphatic carboxylic acids is 1. The van der Waals surface area contributed by atoms with Gasteiger partial charge in [-0.05, 0) is 42.0 Å². The average Bonchev–Trinajstić information content (AvgIpc) is 3.11. The molecule has 0 aliphatic heterocycles. The van der Waals surface area contributed by atoms with Crippen LogP contribution in [0.4, 0.5) is 0 Å². The second-order valence-electron chi connectivity index (χ2n) is 6.63. The number of hydrogen-bond acceptors (Lipinski definition) is 4. The first kappa shape index (κ1) is 20.2. The highest BCUT2D eigenvalue weighted by Gasteiger charge is 2.19. The summed E-state index contributed by atoms with van der Waals surface area (Å²) >= 11 is 6.11. The molecule has 1 saturated carbocycles. The van der Waals surface area contributed by atoms with E-state index in [1.54, 1.807) is 24.4 Å². The Hall–Kier alpha value is -2.11. The fourth-order valence-electron chi connectivity index (χ4n) is 3.20. The summed E-state index contributed by atoms with van der Waals surface area (Å²) in [4.78, 5) is 15.5. The summed E-state index contributed by atoms with van der Waals surface area (Å²) in [7, 11) is 0. The average molecular weight is 377 g/mol. The molecule has 5 nitrogen and oxygen atoms in total. The highest BCUT2D eigenvalue weighted by atomic mass is 35.5. The summed E-state index contributed by atoms with van der Waals surface area (Å²) in [5.74, 6) is -0.513. The predicted octanol–water partition coefficient (Wildman–Crippen LogP) is 3.96. The third-order valence-electron chi connectivity index (χ3n) is 4.68. The van der Waals surface area contributed by atoms with Gasteiger partial charge in [0.1, 0.15) is 0 Å². The zero-order chi connectivity index (χ0) is 19.1. The Morgan fingerprint density at radius 2 is 2.12 bits per heavy atom. The van der Waals surface area contributed by atoms with Crippen molar-refractivity contribution in [2.24, 2.45) is 16.6 Å². The number of carbonyl (C=O) groups is 1. The van der Waals surface area contributed by atoms with Gasteiger partial charge in [-0.25, -0.2) is 4.79 Å². The molecule has 1 aliphatic carbocycles. The quantitative estimate of drug-likeness (QED) is 0.472. The van der Waals surface area contributed by atoms with Crippen molar-refractivity contribution in [2.45, 2.75) is 38.2 Å². The molecule has 0 amide bonds. The van der Waals surface area contributed by atoms with Crippen LogP contribution < -0.4 is 5.73 Å². The van der Waals surface area contributed by atoms with Crippen LogP contribution in [0.3, 0.4) is 0 Å². The molecule has 0 bridgehead atoms. The second-order valence-corrected chi connectivity index (χ2v) is 7.06. The molecule has 140 valence electrons. The van der Waals surface area contributed by atoms with Crippen LogP contribution in [0, 0.1) is 5.92 Å². The summed E-state index contributed by atoms with van der Waals surface area (Å²) in [6, 6.07) is 5.02. The minimum atomic E-state index is -1.13. The van der Waals surface area contributed by atoms with Crippen molar-refractivity contribution in [3.8, 4) is 0 Å². The van der Waals surface area contributed by atoms with Gasteiger partial charge in [-0.2, -0.15) is 0 Å². The van der Waals surface area contributed by atoms with Crippen LogP contribution in [0.5, 0.6) is 0 Å². The van der Waals surface area contributed by atoms with Crippen molar-refractivity contribution in [3.05, 3.63) is 52.7 Å². The third-order valence-corrected chi connectivity index (χ3v) is 4.91. The van der Waals surface area contributed by atoms with Gasteiger partial charge in [-0.3, -0.25) is 4.99 Å². The van der Waals surface area contributed by atoms with Gasteiger partial charge in [0.05, 0.1) is 6.10 Å². The molecule has 1 aliphatic rings. The molecule has 0 heterocycles. The number of benzene rings is 1. The Morgan fingerprint density at radius 3 is 2.73 bits per heavy atom. The van der Waals surface area contributed by atoms with Gasteiger partial charge < -0.3 is 15.9 Å². The van der Waals surface area contributed by atoms with Crippen LogP contribution in [0.2, 0.25) is 5.02 Å². The first-order valence-corrected chi connectivity index (χ1v) is 9.10. The Bertz CT molecular complexity index is 722. The van der Waals surface area contributed by atoms with Crippen molar-refractivity contribution in [1.82, 2.24) is 0 Å². The Labute approximate surface area is 158 Å². The smallest absolute Gasteiger partial charge is 0.331 e. The molecule has 0 saturated heterocycles. The molecule has 2 rings (SSSR count). The monoisotopic (exact) mass is 376 g/mol. The SMILES string of the molecule is C=C(CC(O)c1ccc(Cl)cc1/C(C=NCC1CCCC1)=C/N)C(=O)O. The topological polar surface area (TPSA) is 95.9 Å². The van der Waals surface area contributed by atoms with Crippen molar-refractivity contribution in [2.75, 3.05) is 6.54 Å². The zero-order valence-corrected chi connectivity index (χ0v) is 15.5. The lowest BCUT2D eigenvalue weighted by atomic mass is 9.93. The molecule has 26 heavy (non-hydrogen) atoms. The van der Waals surface area contributed by atoms with Crippen molar-refractivity contribution < 1.29 is 15.0 Å². The van der Waals surface area contributed by atoms with Crippen LogP contribution in [0.25, 0.3) is 5.57 Å². The molecule has 1 fully saturated rings. The van der Waals surface area contributed by atoms with Crippen molar-refractivity contribution in [3.63, 3.8) is 0 Å². The lowest BCUT2D eigenvalue weighted by Gasteiger charge is -2.16. The number of aliphatic hydroxyl groups excluding tert-OH is 1. The number of allylic oxidation sites excluding steroid dienone is 1. The van der Waals surface area contributed by atoms with E-state index in [1.165, 1.54) is 31.9 Å². The predicted molar refractivity (Wildman–Crippen MR) is 105 cm³/mol. The summed E-state index contributed by atoms with van der Waals surface area (Å²) in [5, 5.41) is 20.0. The zero-order valence-electron chi connectivity index (χ0n) is 14.7. The molecular weight excluding hydrogens is 352 g/mol. The standard InChI is InChI=1S/C20H25ClN2O3/c1-13(20(25)26)8-19(24)17-7-6-16(21)9-18(17)15(10-22)12-23-11-14-4-2-3-5-14/h6-7,9-10,12,14,19,24H,1-5,8,11,22H2,(H,25,26)/b15-10+,23-12?. The van der Waals surface area contributed by atoms with E-state index in [9.17, 15) is 9.90 Å². The Balaban J connectivity index is 2.21. The first-order valence-electron chi connectivity index (χ1n) is 8.73. The largest absolute Gasteiger partial charge is 0.478 e. The normalized spacial score (nSPS) is 16.9. The molecule has 4 N–H and O–H groups in total. The number of hydrogen-bond donors (Lipinski definition) is 3. The van der Waals surface area contributed by atoms with Gasteiger partial charge >= 0.3 is 5.97 Å². The second kappa shape index (κ2) is 9.55. The maximum absolute atomic E-state index is 11.0. The number of rotatable bonds is 8. The van der Waals surface area contributed by atoms with Gasteiger partial charge in [0.25, 0.3) is 0 Å². The number of carboxylic acid groups (broad SMARTS) is 1. The summed E-state index contributed by atoms with van der Waals surface area (Å²) in [6.45, 7) is 4.23. The molecule has 0 radical (unpaired) electrons. The molecule has 0 aromatic heterocycles. The highest BCUT2D eigenvalue weighted by molar-refractivity contribution is 6.31. The van der Waals surface area contributed by atoms with Crippen molar-refractivity contribution in [1.29, 1.82) is 0 Å². The van der Waals surface area contributed by atoms with E-state index < -0.39 is 12.1 Å². The van der Waals surface area contributed by atoms with Crippen LogP contribution >= 0.6 is 11.6 Å². The van der Waals surface area contributed by atoms with Crippen LogP contribution in [0.15, 0.2) is 41.5 Å². The van der Waals surface area contributed by atoms with Gasteiger partial charge in [-0.15, -0.1) is 0 Å². The van der Waals surface area contributed by atoms with E-state index in [1.807, 2.05) is 0 Å².